The standard InChI is InChI=1S/C19H18BrClN4O2S2/c1-10-11(2)29-17(15(10)18(26)27-3)23-19(28)22-16-13(20)9-25(24-16)8-12-6-4-5-7-14(12)21/h4-7,9H,8H2,1-3H3,(H2,22,23,24,28). The van der Waals surface area contributed by atoms with Crippen molar-refractivity contribution in [3.05, 3.63) is 61.5 Å². The van der Waals surface area contributed by atoms with E-state index >= 15 is 0 Å². The van der Waals surface area contributed by atoms with Crippen molar-refractivity contribution in [1.29, 1.82) is 0 Å². The number of halogens is 2. The van der Waals surface area contributed by atoms with Gasteiger partial charge in [-0.2, -0.15) is 5.10 Å². The van der Waals surface area contributed by atoms with Crippen LogP contribution in [0.2, 0.25) is 5.02 Å². The van der Waals surface area contributed by atoms with Gasteiger partial charge in [-0.1, -0.05) is 29.8 Å². The van der Waals surface area contributed by atoms with E-state index in [1.165, 1.54) is 18.4 Å². The van der Waals surface area contributed by atoms with Gasteiger partial charge in [0.25, 0.3) is 0 Å². The van der Waals surface area contributed by atoms with E-state index in [-0.39, 0.29) is 0 Å². The molecule has 0 aliphatic carbocycles. The molecule has 2 aromatic heterocycles. The topological polar surface area (TPSA) is 68.2 Å². The molecule has 0 bridgehead atoms. The predicted molar refractivity (Wildman–Crippen MR) is 125 cm³/mol. The molecule has 0 atom stereocenters. The first kappa shape index (κ1) is 21.8. The minimum absolute atomic E-state index is 0.320. The molecular formula is C19H18BrClN4O2S2. The first-order valence-corrected chi connectivity index (χ1v) is 10.9. The average Bonchev–Trinajstić information content (AvgIpc) is 3.15. The van der Waals surface area contributed by atoms with E-state index < -0.39 is 5.97 Å². The summed E-state index contributed by atoms with van der Waals surface area (Å²) in [5.41, 5.74) is 2.32. The summed E-state index contributed by atoms with van der Waals surface area (Å²) in [7, 11) is 1.36. The maximum atomic E-state index is 12.1. The Hall–Kier alpha value is -1.94. The van der Waals surface area contributed by atoms with Gasteiger partial charge in [-0.3, -0.25) is 4.68 Å². The van der Waals surface area contributed by atoms with E-state index in [1.807, 2.05) is 44.3 Å². The van der Waals surface area contributed by atoms with Crippen molar-refractivity contribution < 1.29 is 9.53 Å². The van der Waals surface area contributed by atoms with Gasteiger partial charge in [0, 0.05) is 16.1 Å². The number of carbonyl (C=O) groups is 1. The normalized spacial score (nSPS) is 10.7. The summed E-state index contributed by atoms with van der Waals surface area (Å²) < 4.78 is 7.40. The van der Waals surface area contributed by atoms with E-state index in [0.29, 0.717) is 33.1 Å². The molecule has 2 N–H and O–H groups in total. The van der Waals surface area contributed by atoms with Gasteiger partial charge in [0.1, 0.15) is 5.00 Å². The lowest BCUT2D eigenvalue weighted by Gasteiger charge is -2.09. The summed E-state index contributed by atoms with van der Waals surface area (Å²) in [5.74, 6) is 0.154. The van der Waals surface area contributed by atoms with Gasteiger partial charge in [-0.25, -0.2) is 4.79 Å². The number of benzene rings is 1. The first-order valence-electron chi connectivity index (χ1n) is 8.52. The van der Waals surface area contributed by atoms with Crippen LogP contribution in [0, 0.1) is 13.8 Å². The zero-order valence-electron chi connectivity index (χ0n) is 15.9. The van der Waals surface area contributed by atoms with Crippen LogP contribution in [0.5, 0.6) is 0 Å². The smallest absolute Gasteiger partial charge is 0.341 e. The predicted octanol–water partition coefficient (Wildman–Crippen LogP) is 5.62. The van der Waals surface area contributed by atoms with Crippen LogP contribution in [-0.2, 0) is 11.3 Å². The minimum atomic E-state index is -0.401. The van der Waals surface area contributed by atoms with E-state index in [1.54, 1.807) is 4.68 Å². The van der Waals surface area contributed by atoms with Gasteiger partial charge in [0.05, 0.1) is 23.7 Å². The number of hydrogen-bond donors (Lipinski definition) is 2. The fourth-order valence-electron chi connectivity index (χ4n) is 2.67. The number of anilines is 2. The maximum Gasteiger partial charge on any atom is 0.341 e. The second kappa shape index (κ2) is 9.25. The van der Waals surface area contributed by atoms with Crippen LogP contribution in [0.25, 0.3) is 0 Å². The second-order valence-corrected chi connectivity index (χ2v) is 9.07. The van der Waals surface area contributed by atoms with Crippen LogP contribution in [0.1, 0.15) is 26.4 Å². The number of hydrogen-bond acceptors (Lipinski definition) is 5. The van der Waals surface area contributed by atoms with Crippen molar-refractivity contribution in [3.63, 3.8) is 0 Å². The summed E-state index contributed by atoms with van der Waals surface area (Å²) in [6.45, 7) is 4.35. The van der Waals surface area contributed by atoms with Crippen LogP contribution >= 0.6 is 51.1 Å². The van der Waals surface area contributed by atoms with Crippen LogP contribution in [0.15, 0.2) is 34.9 Å². The van der Waals surface area contributed by atoms with E-state index in [2.05, 4.69) is 31.7 Å². The molecule has 0 radical (unpaired) electrons. The average molecular weight is 514 g/mol. The molecule has 0 aliphatic heterocycles. The fourth-order valence-corrected chi connectivity index (χ4v) is 4.60. The molecule has 3 aromatic rings. The van der Waals surface area contributed by atoms with Crippen molar-refractivity contribution >= 4 is 73.0 Å². The van der Waals surface area contributed by atoms with Gasteiger partial charge in [0.15, 0.2) is 10.9 Å². The molecule has 0 saturated heterocycles. The fraction of sp³-hybridized carbons (Fsp3) is 0.211. The highest BCUT2D eigenvalue weighted by atomic mass is 79.9. The third-order valence-electron chi connectivity index (χ3n) is 4.24. The van der Waals surface area contributed by atoms with Crippen molar-refractivity contribution in [2.75, 3.05) is 17.7 Å². The van der Waals surface area contributed by atoms with Crippen LogP contribution in [-0.4, -0.2) is 28.0 Å². The number of rotatable bonds is 5. The lowest BCUT2D eigenvalue weighted by atomic mass is 10.1. The summed E-state index contributed by atoms with van der Waals surface area (Å²) >= 11 is 16.6. The van der Waals surface area contributed by atoms with Gasteiger partial charge in [0.2, 0.25) is 0 Å². The third-order valence-corrected chi connectivity index (χ3v) is 6.52. The van der Waals surface area contributed by atoms with Gasteiger partial charge < -0.3 is 15.4 Å². The summed E-state index contributed by atoms with van der Waals surface area (Å²) in [4.78, 5) is 13.1. The van der Waals surface area contributed by atoms with E-state index in [4.69, 9.17) is 28.6 Å². The molecule has 3 rings (SSSR count). The zero-order chi connectivity index (χ0) is 21.1. The molecular weight excluding hydrogens is 496 g/mol. The van der Waals surface area contributed by atoms with Crippen molar-refractivity contribution in [2.45, 2.75) is 20.4 Å². The molecule has 6 nitrogen and oxygen atoms in total. The van der Waals surface area contributed by atoms with Crippen LogP contribution in [0.3, 0.4) is 0 Å². The number of methoxy groups -OCH3 is 1. The number of aromatic nitrogens is 2. The summed E-state index contributed by atoms with van der Waals surface area (Å²) in [6, 6.07) is 7.62. The van der Waals surface area contributed by atoms with Crippen LogP contribution in [0.4, 0.5) is 10.8 Å². The molecule has 10 heteroatoms. The van der Waals surface area contributed by atoms with Crippen LogP contribution < -0.4 is 10.6 Å². The minimum Gasteiger partial charge on any atom is -0.465 e. The highest BCUT2D eigenvalue weighted by Gasteiger charge is 2.21. The molecule has 2 heterocycles. The lowest BCUT2D eigenvalue weighted by Crippen LogP contribution is -2.20. The lowest BCUT2D eigenvalue weighted by molar-refractivity contribution is 0.0601. The summed E-state index contributed by atoms with van der Waals surface area (Å²) in [5, 5.41) is 12.3. The Balaban J connectivity index is 1.74. The Morgan fingerprint density at radius 2 is 2.07 bits per heavy atom. The highest BCUT2D eigenvalue weighted by Crippen LogP contribution is 2.33. The third kappa shape index (κ3) is 4.98. The molecule has 0 spiro atoms. The maximum absolute atomic E-state index is 12.1. The Labute approximate surface area is 191 Å². The molecule has 152 valence electrons. The SMILES string of the molecule is COC(=O)c1c(NC(=S)Nc2nn(Cc3ccccc3Cl)cc2Br)sc(C)c1C. The number of carbonyl (C=O) groups excluding carboxylic acids is 1. The number of thiocarbonyl (C=S) groups is 1. The highest BCUT2D eigenvalue weighted by molar-refractivity contribution is 9.10. The molecule has 29 heavy (non-hydrogen) atoms. The largest absolute Gasteiger partial charge is 0.465 e. The van der Waals surface area contributed by atoms with Gasteiger partial charge in [-0.15, -0.1) is 11.3 Å². The Kier molecular flexibility index (Phi) is 6.94. The second-order valence-electron chi connectivity index (χ2n) is 6.17. The monoisotopic (exact) mass is 512 g/mol. The van der Waals surface area contributed by atoms with E-state index in [9.17, 15) is 4.79 Å². The quantitative estimate of drug-likeness (QED) is 0.341. The molecule has 1 aromatic carbocycles. The Morgan fingerprint density at radius 3 is 2.76 bits per heavy atom. The summed E-state index contributed by atoms with van der Waals surface area (Å²) in [6.07, 6.45) is 1.84. The van der Waals surface area contributed by atoms with Gasteiger partial charge in [-0.05, 0) is 59.2 Å². The first-order chi connectivity index (χ1) is 13.8. The number of aryl methyl sites for hydroxylation is 1. The van der Waals surface area contributed by atoms with Gasteiger partial charge >= 0.3 is 5.97 Å². The molecule has 0 unspecified atom stereocenters. The number of nitrogens with zero attached hydrogens (tertiary/aromatic N) is 2. The number of esters is 1. The van der Waals surface area contributed by atoms with Crippen molar-refractivity contribution in [2.24, 2.45) is 0 Å². The molecule has 0 aliphatic rings. The number of nitrogens with one attached hydrogen (secondary N) is 2. The number of thiophene rings is 1. The molecule has 0 amide bonds. The van der Waals surface area contributed by atoms with Crippen molar-refractivity contribution in [1.82, 2.24) is 9.78 Å². The Bertz CT molecular complexity index is 1080. The molecule has 0 saturated carbocycles. The Morgan fingerprint density at radius 1 is 1.34 bits per heavy atom. The number of ether oxygens (including phenoxy) is 1. The molecule has 0 fully saturated rings. The van der Waals surface area contributed by atoms with Crippen molar-refractivity contribution in [3.8, 4) is 0 Å². The van der Waals surface area contributed by atoms with E-state index in [0.717, 1.165) is 20.5 Å². The zero-order valence-corrected chi connectivity index (χ0v) is 19.9.